The third-order valence-electron chi connectivity index (χ3n) is 4.36. The van der Waals surface area contributed by atoms with Crippen LogP contribution in [0, 0.1) is 13.8 Å². The smallest absolute Gasteiger partial charge is 0.191 e. The van der Waals surface area contributed by atoms with Crippen molar-refractivity contribution in [2.75, 3.05) is 19.5 Å². The van der Waals surface area contributed by atoms with Gasteiger partial charge in [0.2, 0.25) is 0 Å². The third-order valence-corrected chi connectivity index (χ3v) is 5.34. The zero-order valence-corrected chi connectivity index (χ0v) is 15.3. The van der Waals surface area contributed by atoms with Gasteiger partial charge in [-0.1, -0.05) is 11.8 Å². The molecule has 1 fully saturated rings. The minimum absolute atomic E-state index is 0.159. The topological polar surface area (TPSA) is 61.9 Å². The molecule has 3 rings (SSSR count). The van der Waals surface area contributed by atoms with Gasteiger partial charge in [0.1, 0.15) is 6.33 Å². The fourth-order valence-corrected chi connectivity index (χ4v) is 3.88. The van der Waals surface area contributed by atoms with Crippen LogP contribution in [0.3, 0.4) is 0 Å². The number of hydrogen-bond donors (Lipinski definition) is 0. The van der Waals surface area contributed by atoms with Crippen LogP contribution in [0.15, 0.2) is 17.6 Å². The highest BCUT2D eigenvalue weighted by atomic mass is 32.2. The molecule has 0 spiro atoms. The molecule has 0 unspecified atom stereocenters. The molecule has 2 heterocycles. The highest BCUT2D eigenvalue weighted by Crippen LogP contribution is 2.38. The molecule has 0 aromatic carbocycles. The van der Waals surface area contributed by atoms with Crippen LogP contribution in [-0.2, 0) is 11.3 Å². The molecule has 130 valence electrons. The van der Waals surface area contributed by atoms with Crippen molar-refractivity contribution in [3.8, 4) is 0 Å². The van der Waals surface area contributed by atoms with Gasteiger partial charge in [-0.15, -0.1) is 10.2 Å². The molecule has 1 saturated carbocycles. The Morgan fingerprint density at radius 2 is 2.21 bits per heavy atom. The molecule has 6 nitrogen and oxygen atoms in total. The average molecular weight is 348 g/mol. The summed E-state index contributed by atoms with van der Waals surface area (Å²) >= 11 is 1.45. The second-order valence-corrected chi connectivity index (χ2v) is 7.19. The van der Waals surface area contributed by atoms with E-state index in [0.717, 1.165) is 29.4 Å². The van der Waals surface area contributed by atoms with Gasteiger partial charge in [0, 0.05) is 43.3 Å². The first-order valence-corrected chi connectivity index (χ1v) is 9.31. The minimum atomic E-state index is 0.159. The van der Waals surface area contributed by atoms with Crippen molar-refractivity contribution >= 4 is 17.5 Å². The number of rotatable bonds is 9. The van der Waals surface area contributed by atoms with E-state index in [2.05, 4.69) is 28.6 Å². The Morgan fingerprint density at radius 1 is 1.42 bits per heavy atom. The van der Waals surface area contributed by atoms with E-state index in [4.69, 9.17) is 4.74 Å². The molecule has 2 aromatic heterocycles. The molecule has 2 aromatic rings. The summed E-state index contributed by atoms with van der Waals surface area (Å²) in [6.45, 7) is 5.64. The number of hydrogen-bond acceptors (Lipinski definition) is 5. The Labute approximate surface area is 146 Å². The molecule has 0 amide bonds. The summed E-state index contributed by atoms with van der Waals surface area (Å²) in [4.78, 5) is 12.6. The maximum Gasteiger partial charge on any atom is 0.191 e. The predicted molar refractivity (Wildman–Crippen MR) is 93.7 cm³/mol. The van der Waals surface area contributed by atoms with Crippen molar-refractivity contribution in [1.29, 1.82) is 0 Å². The van der Waals surface area contributed by atoms with Gasteiger partial charge in [-0.05, 0) is 39.2 Å². The lowest BCUT2D eigenvalue weighted by Crippen LogP contribution is -2.07. The molecule has 0 atom stereocenters. The fraction of sp³-hybridized carbons (Fsp3) is 0.588. The lowest BCUT2D eigenvalue weighted by molar-refractivity contribution is 0.102. The number of aromatic nitrogens is 4. The highest BCUT2D eigenvalue weighted by Gasteiger charge is 2.28. The molecular weight excluding hydrogens is 324 g/mol. The van der Waals surface area contributed by atoms with Crippen LogP contribution in [0.25, 0.3) is 0 Å². The normalized spacial score (nSPS) is 14.3. The largest absolute Gasteiger partial charge is 0.385 e. The number of carbonyl (C=O) groups is 1. The zero-order valence-electron chi connectivity index (χ0n) is 14.5. The van der Waals surface area contributed by atoms with E-state index in [0.29, 0.717) is 18.4 Å². The lowest BCUT2D eigenvalue weighted by Gasteiger charge is -2.08. The number of ether oxygens (including phenoxy) is 1. The van der Waals surface area contributed by atoms with Crippen LogP contribution in [0.4, 0.5) is 0 Å². The van der Waals surface area contributed by atoms with Gasteiger partial charge in [-0.25, -0.2) is 0 Å². The zero-order chi connectivity index (χ0) is 17.1. The quantitative estimate of drug-likeness (QED) is 0.396. The molecule has 24 heavy (non-hydrogen) atoms. The van der Waals surface area contributed by atoms with Gasteiger partial charge in [0.15, 0.2) is 10.9 Å². The molecule has 0 N–H and O–H groups in total. The average Bonchev–Trinajstić information content (AvgIpc) is 3.21. The van der Waals surface area contributed by atoms with Crippen LogP contribution in [0.2, 0.25) is 0 Å². The summed E-state index contributed by atoms with van der Waals surface area (Å²) < 4.78 is 9.36. The Hall–Kier alpha value is -1.60. The highest BCUT2D eigenvalue weighted by molar-refractivity contribution is 7.99. The van der Waals surface area contributed by atoms with Gasteiger partial charge < -0.3 is 13.9 Å². The third kappa shape index (κ3) is 3.72. The van der Waals surface area contributed by atoms with Crippen LogP contribution in [0.5, 0.6) is 0 Å². The van der Waals surface area contributed by atoms with Gasteiger partial charge in [0.05, 0.1) is 5.75 Å². The number of aryl methyl sites for hydroxylation is 2. The lowest BCUT2D eigenvalue weighted by atomic mass is 10.2. The Bertz CT molecular complexity index is 718. The standard InChI is InChI=1S/C17H24N4O2S/c1-12-9-15(13(2)21(12)14-5-6-14)16(22)10-24-17-19-18-11-20(17)7-4-8-23-3/h9,11,14H,4-8,10H2,1-3H3. The van der Waals surface area contributed by atoms with Crippen LogP contribution >= 0.6 is 11.8 Å². The number of nitrogens with zero attached hydrogens (tertiary/aromatic N) is 4. The van der Waals surface area contributed by atoms with Crippen molar-refractivity contribution in [3.05, 3.63) is 29.3 Å². The van der Waals surface area contributed by atoms with Crippen molar-refractivity contribution < 1.29 is 9.53 Å². The molecule has 1 aliphatic rings. The Morgan fingerprint density at radius 3 is 2.92 bits per heavy atom. The second-order valence-electron chi connectivity index (χ2n) is 6.25. The van der Waals surface area contributed by atoms with Gasteiger partial charge in [-0.3, -0.25) is 4.79 Å². The van der Waals surface area contributed by atoms with E-state index < -0.39 is 0 Å². The maximum absolute atomic E-state index is 12.6. The first kappa shape index (κ1) is 17.2. The van der Waals surface area contributed by atoms with E-state index in [-0.39, 0.29) is 5.78 Å². The number of Topliss-reactive ketones (excluding diaryl/α,β-unsaturated/α-hetero) is 1. The van der Waals surface area contributed by atoms with Crippen molar-refractivity contribution in [2.45, 2.75) is 50.9 Å². The molecule has 0 aliphatic heterocycles. The van der Waals surface area contributed by atoms with E-state index in [1.54, 1.807) is 13.4 Å². The van der Waals surface area contributed by atoms with Gasteiger partial charge in [-0.2, -0.15) is 0 Å². The van der Waals surface area contributed by atoms with Crippen molar-refractivity contribution in [1.82, 2.24) is 19.3 Å². The van der Waals surface area contributed by atoms with Crippen LogP contribution < -0.4 is 0 Å². The number of ketones is 1. The van der Waals surface area contributed by atoms with Crippen LogP contribution in [-0.4, -0.2) is 44.6 Å². The molecule has 0 saturated heterocycles. The predicted octanol–water partition coefficient (Wildman–Crippen LogP) is 3.04. The number of thioether (sulfide) groups is 1. The van der Waals surface area contributed by atoms with E-state index in [1.807, 2.05) is 10.6 Å². The summed E-state index contributed by atoms with van der Waals surface area (Å²) in [6, 6.07) is 2.63. The van der Waals surface area contributed by atoms with Crippen molar-refractivity contribution in [3.63, 3.8) is 0 Å². The summed E-state index contributed by atoms with van der Waals surface area (Å²) in [7, 11) is 1.69. The van der Waals surface area contributed by atoms with Crippen LogP contribution in [0.1, 0.15) is 47.1 Å². The number of carbonyl (C=O) groups excluding carboxylic acids is 1. The first-order chi connectivity index (χ1) is 11.6. The maximum atomic E-state index is 12.6. The molecule has 0 radical (unpaired) electrons. The molecule has 0 bridgehead atoms. The monoisotopic (exact) mass is 348 g/mol. The summed E-state index contributed by atoms with van der Waals surface area (Å²) in [6.07, 6.45) is 5.06. The Kier molecular flexibility index (Phi) is 5.40. The minimum Gasteiger partial charge on any atom is -0.385 e. The van der Waals surface area contributed by atoms with E-state index in [1.165, 1.54) is 30.3 Å². The number of methoxy groups -OCH3 is 1. The summed E-state index contributed by atoms with van der Waals surface area (Å²) in [5, 5.41) is 8.86. The Balaban J connectivity index is 1.62. The van der Waals surface area contributed by atoms with E-state index in [9.17, 15) is 4.79 Å². The molecule has 1 aliphatic carbocycles. The fourth-order valence-electron chi connectivity index (χ4n) is 3.05. The SMILES string of the molecule is COCCCn1cnnc1SCC(=O)c1cc(C)n(C2CC2)c1C. The molecule has 7 heteroatoms. The van der Waals surface area contributed by atoms with Gasteiger partial charge >= 0.3 is 0 Å². The van der Waals surface area contributed by atoms with Gasteiger partial charge in [0.25, 0.3) is 0 Å². The first-order valence-electron chi connectivity index (χ1n) is 8.33. The summed E-state index contributed by atoms with van der Waals surface area (Å²) in [5.74, 6) is 0.546. The second kappa shape index (κ2) is 7.53. The van der Waals surface area contributed by atoms with Crippen molar-refractivity contribution in [2.24, 2.45) is 0 Å². The summed E-state index contributed by atoms with van der Waals surface area (Å²) in [5.41, 5.74) is 3.13. The van der Waals surface area contributed by atoms with E-state index >= 15 is 0 Å². The molecular formula is C17H24N4O2S.